The predicted octanol–water partition coefficient (Wildman–Crippen LogP) is 3.31. The first-order valence-corrected chi connectivity index (χ1v) is 9.35. The number of rotatable bonds is 3. The number of amides is 1. The van der Waals surface area contributed by atoms with Crippen LogP contribution in [-0.2, 0) is 4.79 Å². The lowest BCUT2D eigenvalue weighted by Gasteiger charge is -2.23. The van der Waals surface area contributed by atoms with Crippen molar-refractivity contribution in [3.63, 3.8) is 0 Å². The molecule has 0 bridgehead atoms. The quantitative estimate of drug-likeness (QED) is 0.928. The first kappa shape index (κ1) is 16.8. The highest BCUT2D eigenvalue weighted by Crippen LogP contribution is 2.30. The van der Waals surface area contributed by atoms with Crippen molar-refractivity contribution in [1.82, 2.24) is 10.2 Å². The summed E-state index contributed by atoms with van der Waals surface area (Å²) >= 11 is 0. The van der Waals surface area contributed by atoms with Gasteiger partial charge in [0.15, 0.2) is 0 Å². The van der Waals surface area contributed by atoms with Gasteiger partial charge in [-0.3, -0.25) is 4.79 Å². The van der Waals surface area contributed by atoms with Gasteiger partial charge in [-0.1, -0.05) is 54.6 Å². The third kappa shape index (κ3) is 3.23. The molecule has 2 aromatic rings. The summed E-state index contributed by atoms with van der Waals surface area (Å²) in [5.41, 5.74) is 3.70. The largest absolute Gasteiger partial charge is 0.325 e. The Hall–Kier alpha value is -2.64. The molecule has 132 valence electrons. The minimum Gasteiger partial charge on any atom is -0.325 e. The van der Waals surface area contributed by atoms with Gasteiger partial charge in [0.2, 0.25) is 5.91 Å². The summed E-state index contributed by atoms with van der Waals surface area (Å²) < 4.78 is 0. The third-order valence-corrected chi connectivity index (χ3v) is 5.60. The van der Waals surface area contributed by atoms with Crippen molar-refractivity contribution in [3.8, 4) is 17.2 Å². The summed E-state index contributed by atoms with van der Waals surface area (Å²) in [6.07, 6.45) is 2.54. The molecule has 2 aliphatic heterocycles. The van der Waals surface area contributed by atoms with E-state index in [0.717, 1.165) is 25.8 Å². The van der Waals surface area contributed by atoms with Crippen molar-refractivity contribution >= 4 is 5.91 Å². The minimum absolute atomic E-state index is 0.0949. The van der Waals surface area contributed by atoms with Crippen LogP contribution >= 0.6 is 0 Å². The maximum Gasteiger partial charge on any atom is 0.240 e. The third-order valence-electron chi connectivity index (χ3n) is 5.60. The summed E-state index contributed by atoms with van der Waals surface area (Å²) in [7, 11) is 0. The zero-order valence-corrected chi connectivity index (χ0v) is 14.8. The fourth-order valence-electron chi connectivity index (χ4n) is 4.12. The van der Waals surface area contributed by atoms with E-state index in [1.165, 1.54) is 16.7 Å². The van der Waals surface area contributed by atoms with Crippen LogP contribution in [0.25, 0.3) is 11.1 Å². The van der Waals surface area contributed by atoms with E-state index < -0.39 is 0 Å². The standard InChI is InChI=1S/C22H23N3O/c23-14-20-7-4-12-25(20)22(26)21-13-19(15-24-21)18-10-8-17(9-11-18)16-5-2-1-3-6-16/h1-3,5-6,8-11,19-21,24H,4,7,12-13,15H2/t19-,20-,21-/m0/s1. The highest BCUT2D eigenvalue weighted by molar-refractivity contribution is 5.83. The van der Waals surface area contributed by atoms with Gasteiger partial charge in [-0.2, -0.15) is 5.26 Å². The summed E-state index contributed by atoms with van der Waals surface area (Å²) in [5, 5.41) is 12.6. The molecule has 0 aromatic heterocycles. The van der Waals surface area contributed by atoms with Gasteiger partial charge in [-0.15, -0.1) is 0 Å². The summed E-state index contributed by atoms with van der Waals surface area (Å²) in [6.45, 7) is 1.53. The molecular weight excluding hydrogens is 322 g/mol. The molecule has 3 atom stereocenters. The van der Waals surface area contributed by atoms with Crippen LogP contribution in [0.5, 0.6) is 0 Å². The lowest BCUT2D eigenvalue weighted by atomic mass is 9.94. The number of hydrogen-bond donors (Lipinski definition) is 1. The number of hydrogen-bond acceptors (Lipinski definition) is 3. The Morgan fingerprint density at radius 2 is 1.81 bits per heavy atom. The van der Waals surface area contributed by atoms with Gasteiger partial charge >= 0.3 is 0 Å². The molecule has 4 heteroatoms. The molecule has 1 N–H and O–H groups in total. The van der Waals surface area contributed by atoms with Crippen molar-refractivity contribution in [2.75, 3.05) is 13.1 Å². The van der Waals surface area contributed by atoms with Crippen LogP contribution in [0, 0.1) is 11.3 Å². The Balaban J connectivity index is 1.42. The van der Waals surface area contributed by atoms with E-state index in [4.69, 9.17) is 0 Å². The molecule has 2 fully saturated rings. The topological polar surface area (TPSA) is 56.1 Å². The summed E-state index contributed by atoms with van der Waals surface area (Å²) in [4.78, 5) is 14.5. The van der Waals surface area contributed by atoms with Crippen molar-refractivity contribution in [3.05, 3.63) is 60.2 Å². The molecule has 4 nitrogen and oxygen atoms in total. The molecule has 0 spiro atoms. The number of likely N-dealkylation sites (tertiary alicyclic amines) is 1. The van der Waals surface area contributed by atoms with Crippen molar-refractivity contribution in [1.29, 1.82) is 5.26 Å². The SMILES string of the molecule is N#C[C@@H]1CCCN1C(=O)[C@@H]1C[C@H](c2ccc(-c3ccccc3)cc2)CN1. The zero-order valence-electron chi connectivity index (χ0n) is 14.8. The first-order valence-electron chi connectivity index (χ1n) is 9.35. The van der Waals surface area contributed by atoms with E-state index in [1.54, 1.807) is 4.90 Å². The van der Waals surface area contributed by atoms with Gasteiger partial charge in [0.05, 0.1) is 12.1 Å². The molecule has 26 heavy (non-hydrogen) atoms. The lowest BCUT2D eigenvalue weighted by molar-refractivity contribution is -0.133. The molecule has 2 saturated heterocycles. The summed E-state index contributed by atoms with van der Waals surface area (Å²) in [5.74, 6) is 0.439. The highest BCUT2D eigenvalue weighted by Gasteiger charge is 2.37. The fraction of sp³-hybridized carbons (Fsp3) is 0.364. The number of nitriles is 1. The normalized spacial score (nSPS) is 25.2. The van der Waals surface area contributed by atoms with Crippen LogP contribution < -0.4 is 5.32 Å². The number of carbonyl (C=O) groups excluding carboxylic acids is 1. The van der Waals surface area contributed by atoms with Gasteiger partial charge in [0.25, 0.3) is 0 Å². The van der Waals surface area contributed by atoms with Crippen molar-refractivity contribution in [2.45, 2.75) is 37.3 Å². The van der Waals surface area contributed by atoms with E-state index in [2.05, 4.69) is 47.8 Å². The van der Waals surface area contributed by atoms with E-state index in [0.29, 0.717) is 12.5 Å². The van der Waals surface area contributed by atoms with Crippen LogP contribution in [0.4, 0.5) is 0 Å². The lowest BCUT2D eigenvalue weighted by Crippen LogP contribution is -2.45. The molecule has 1 amide bonds. The monoisotopic (exact) mass is 345 g/mol. The van der Waals surface area contributed by atoms with E-state index in [-0.39, 0.29) is 18.0 Å². The predicted molar refractivity (Wildman–Crippen MR) is 101 cm³/mol. The van der Waals surface area contributed by atoms with Crippen LogP contribution in [-0.4, -0.2) is 36.0 Å². The van der Waals surface area contributed by atoms with Crippen molar-refractivity contribution in [2.24, 2.45) is 0 Å². The average Bonchev–Trinajstić information content (AvgIpc) is 3.38. The second-order valence-corrected chi connectivity index (χ2v) is 7.20. The van der Waals surface area contributed by atoms with Gasteiger partial charge in [0, 0.05) is 13.1 Å². The maximum absolute atomic E-state index is 12.7. The molecule has 2 aliphatic rings. The minimum atomic E-state index is -0.242. The van der Waals surface area contributed by atoms with Crippen LogP contribution in [0.1, 0.15) is 30.7 Å². The van der Waals surface area contributed by atoms with E-state index in [1.807, 2.05) is 18.2 Å². The zero-order chi connectivity index (χ0) is 17.9. The van der Waals surface area contributed by atoms with E-state index in [9.17, 15) is 10.1 Å². The smallest absolute Gasteiger partial charge is 0.240 e. The molecule has 0 radical (unpaired) electrons. The van der Waals surface area contributed by atoms with Gasteiger partial charge in [-0.05, 0) is 41.9 Å². The molecule has 2 heterocycles. The second-order valence-electron chi connectivity index (χ2n) is 7.20. The number of carbonyl (C=O) groups is 1. The molecule has 0 unspecified atom stereocenters. The van der Waals surface area contributed by atoms with Crippen molar-refractivity contribution < 1.29 is 4.79 Å². The van der Waals surface area contributed by atoms with Gasteiger partial charge in [0.1, 0.15) is 6.04 Å². The molecular formula is C22H23N3O. The first-order chi connectivity index (χ1) is 12.8. The number of nitrogens with one attached hydrogen (secondary N) is 1. The van der Waals surface area contributed by atoms with Gasteiger partial charge < -0.3 is 10.2 Å². The Morgan fingerprint density at radius 1 is 1.08 bits per heavy atom. The highest BCUT2D eigenvalue weighted by atomic mass is 16.2. The van der Waals surface area contributed by atoms with Gasteiger partial charge in [-0.25, -0.2) is 0 Å². The number of benzene rings is 2. The Morgan fingerprint density at radius 3 is 2.54 bits per heavy atom. The molecule has 0 aliphatic carbocycles. The molecule has 0 saturated carbocycles. The fourth-order valence-corrected chi connectivity index (χ4v) is 4.12. The molecule has 4 rings (SSSR count). The van der Waals surface area contributed by atoms with E-state index >= 15 is 0 Å². The average molecular weight is 345 g/mol. The van der Waals surface area contributed by atoms with Crippen LogP contribution in [0.15, 0.2) is 54.6 Å². The Labute approximate surface area is 154 Å². The summed E-state index contributed by atoms with van der Waals surface area (Å²) in [6, 6.07) is 20.9. The van der Waals surface area contributed by atoms with Crippen LogP contribution in [0.3, 0.4) is 0 Å². The molecule has 2 aromatic carbocycles. The second kappa shape index (κ2) is 7.31. The number of nitrogens with zero attached hydrogens (tertiary/aromatic N) is 2. The maximum atomic E-state index is 12.7. The van der Waals surface area contributed by atoms with Crippen LogP contribution in [0.2, 0.25) is 0 Å². The Kier molecular flexibility index (Phi) is 4.73. The Bertz CT molecular complexity index is 810.